The van der Waals surface area contributed by atoms with E-state index in [1.165, 1.54) is 12.1 Å². The maximum Gasteiger partial charge on any atom is 0.261 e. The molecule has 66 valence electrons. The van der Waals surface area contributed by atoms with Crippen LogP contribution in [0.1, 0.15) is 0 Å². The highest BCUT2D eigenvalue weighted by atomic mass is 79.9. The van der Waals surface area contributed by atoms with Crippen LogP contribution in [0, 0.1) is 0 Å². The van der Waals surface area contributed by atoms with Crippen molar-refractivity contribution in [3.63, 3.8) is 0 Å². The number of hydrogen-bond donors (Lipinski definition) is 0. The Labute approximate surface area is 90.8 Å². The molecular weight excluding hydrogens is 333 g/mol. The van der Waals surface area contributed by atoms with Gasteiger partial charge in [-0.2, -0.15) is 0 Å². The first-order valence-corrected chi connectivity index (χ1v) is 6.57. The van der Waals surface area contributed by atoms with Gasteiger partial charge in [0.25, 0.3) is 9.05 Å². The molecule has 0 radical (unpaired) electrons. The Hall–Kier alpha value is 0.350. The van der Waals surface area contributed by atoms with E-state index in [0.29, 0.717) is 9.21 Å². The van der Waals surface area contributed by atoms with Crippen LogP contribution in [0.15, 0.2) is 26.2 Å². The summed E-state index contributed by atoms with van der Waals surface area (Å²) in [6.07, 6.45) is 0. The number of rotatable bonds is 1. The lowest BCUT2D eigenvalue weighted by molar-refractivity contribution is 0.609. The molecule has 0 aromatic carbocycles. The van der Waals surface area contributed by atoms with Gasteiger partial charge in [-0.05, 0) is 44.0 Å². The van der Waals surface area contributed by atoms with Gasteiger partial charge < -0.3 is 0 Å². The zero-order valence-electron chi connectivity index (χ0n) is 5.46. The van der Waals surface area contributed by atoms with Gasteiger partial charge in [0.15, 0.2) is 0 Å². The Kier molecular flexibility index (Phi) is 3.14. The molecule has 0 aliphatic carbocycles. The molecule has 7 heteroatoms. The van der Waals surface area contributed by atoms with Gasteiger partial charge in [0.2, 0.25) is 0 Å². The van der Waals surface area contributed by atoms with Crippen LogP contribution in [0.4, 0.5) is 0 Å². The fraction of sp³-hybridized carbons (Fsp3) is 0. The van der Waals surface area contributed by atoms with Crippen molar-refractivity contribution >= 4 is 51.6 Å². The van der Waals surface area contributed by atoms with Crippen molar-refractivity contribution < 1.29 is 8.42 Å². The fourth-order valence-electron chi connectivity index (χ4n) is 0.584. The lowest BCUT2D eigenvalue weighted by atomic mass is 10.5. The molecule has 1 heterocycles. The summed E-state index contributed by atoms with van der Waals surface area (Å²) in [5, 5.41) is 0. The second kappa shape index (κ2) is 3.61. The molecule has 0 atom stereocenters. The molecule has 1 aromatic heterocycles. The fourth-order valence-corrected chi connectivity index (χ4v) is 2.77. The Bertz CT molecular complexity index is 386. The van der Waals surface area contributed by atoms with Gasteiger partial charge in [-0.15, -0.1) is 0 Å². The van der Waals surface area contributed by atoms with Crippen molar-refractivity contribution in [2.45, 2.75) is 4.90 Å². The topological polar surface area (TPSA) is 47.0 Å². The van der Waals surface area contributed by atoms with Crippen LogP contribution < -0.4 is 0 Å². The molecule has 0 spiro atoms. The molecule has 0 aliphatic rings. The van der Waals surface area contributed by atoms with E-state index in [0.717, 1.165) is 0 Å². The Morgan fingerprint density at radius 2 is 1.67 bits per heavy atom. The highest BCUT2D eigenvalue weighted by molar-refractivity contribution is 9.11. The molecule has 0 saturated heterocycles. The molecule has 12 heavy (non-hydrogen) atoms. The average molecular weight is 335 g/mol. The van der Waals surface area contributed by atoms with E-state index < -0.39 is 9.05 Å². The van der Waals surface area contributed by atoms with Gasteiger partial charge in [-0.1, -0.05) is 0 Å². The van der Waals surface area contributed by atoms with Crippen molar-refractivity contribution in [2.75, 3.05) is 0 Å². The Morgan fingerprint density at radius 3 is 2.00 bits per heavy atom. The normalized spacial score (nSPS) is 11.6. The molecule has 0 saturated carbocycles. The average Bonchev–Trinajstić information content (AvgIpc) is 1.82. The van der Waals surface area contributed by atoms with Gasteiger partial charge >= 0.3 is 0 Å². The van der Waals surface area contributed by atoms with E-state index in [-0.39, 0.29) is 4.90 Å². The lowest BCUT2D eigenvalue weighted by Crippen LogP contribution is -1.91. The number of pyridine rings is 1. The first kappa shape index (κ1) is 10.4. The molecular formula is C5H2Br2ClNO2S. The summed E-state index contributed by atoms with van der Waals surface area (Å²) in [5.74, 6) is 0. The SMILES string of the molecule is O=S(=O)(Cl)c1cc(Br)nc(Br)c1. The summed E-state index contributed by atoms with van der Waals surface area (Å²) in [7, 11) is 1.43. The number of nitrogens with zero attached hydrogens (tertiary/aromatic N) is 1. The van der Waals surface area contributed by atoms with E-state index in [4.69, 9.17) is 10.7 Å². The van der Waals surface area contributed by atoms with E-state index in [9.17, 15) is 8.42 Å². The van der Waals surface area contributed by atoms with Gasteiger partial charge in [-0.25, -0.2) is 13.4 Å². The summed E-state index contributed by atoms with van der Waals surface area (Å²) < 4.78 is 22.5. The number of aromatic nitrogens is 1. The van der Waals surface area contributed by atoms with Crippen molar-refractivity contribution in [2.24, 2.45) is 0 Å². The van der Waals surface area contributed by atoms with Crippen LogP contribution >= 0.6 is 42.5 Å². The maximum absolute atomic E-state index is 10.8. The van der Waals surface area contributed by atoms with Gasteiger partial charge in [0.1, 0.15) is 9.21 Å². The third-order valence-corrected chi connectivity index (χ3v) is 3.16. The summed E-state index contributed by atoms with van der Waals surface area (Å²) in [4.78, 5) is 3.87. The predicted octanol–water partition coefficient (Wildman–Crippen LogP) is 2.53. The largest absolute Gasteiger partial charge is 0.261 e. The minimum absolute atomic E-state index is 0.0120. The Balaban J connectivity index is 3.37. The standard InChI is InChI=1S/C5H2Br2ClNO2S/c6-4-1-3(12(8,10)11)2-5(7)9-4/h1-2H. The zero-order chi connectivity index (χ0) is 9.35. The number of hydrogen-bond acceptors (Lipinski definition) is 3. The van der Waals surface area contributed by atoms with Crippen molar-refractivity contribution in [3.8, 4) is 0 Å². The number of halogens is 3. The van der Waals surface area contributed by atoms with Gasteiger partial charge in [0, 0.05) is 10.7 Å². The lowest BCUT2D eigenvalue weighted by Gasteiger charge is -1.97. The summed E-state index contributed by atoms with van der Waals surface area (Å²) in [6, 6.07) is 2.65. The highest BCUT2D eigenvalue weighted by Crippen LogP contribution is 2.21. The zero-order valence-corrected chi connectivity index (χ0v) is 10.2. The predicted molar refractivity (Wildman–Crippen MR) is 52.7 cm³/mol. The minimum atomic E-state index is -3.68. The van der Waals surface area contributed by atoms with E-state index >= 15 is 0 Å². The first-order valence-electron chi connectivity index (χ1n) is 2.67. The molecule has 0 bridgehead atoms. The minimum Gasteiger partial charge on any atom is -0.234 e. The molecule has 3 nitrogen and oxygen atoms in total. The highest BCUT2D eigenvalue weighted by Gasteiger charge is 2.11. The van der Waals surface area contributed by atoms with Crippen LogP contribution in [-0.4, -0.2) is 13.4 Å². The van der Waals surface area contributed by atoms with Crippen molar-refractivity contribution in [1.29, 1.82) is 0 Å². The second-order valence-corrected chi connectivity index (χ2v) is 6.08. The van der Waals surface area contributed by atoms with Gasteiger partial charge in [0.05, 0.1) is 4.90 Å². The van der Waals surface area contributed by atoms with Crippen LogP contribution in [0.3, 0.4) is 0 Å². The van der Waals surface area contributed by atoms with Crippen LogP contribution in [0.2, 0.25) is 0 Å². The molecule has 1 rings (SSSR count). The molecule has 0 fully saturated rings. The molecule has 0 N–H and O–H groups in total. The Morgan fingerprint density at radius 1 is 1.25 bits per heavy atom. The monoisotopic (exact) mass is 333 g/mol. The van der Waals surface area contributed by atoms with Crippen LogP contribution in [-0.2, 0) is 9.05 Å². The van der Waals surface area contributed by atoms with Gasteiger partial charge in [-0.3, -0.25) is 0 Å². The van der Waals surface area contributed by atoms with Crippen LogP contribution in [0.5, 0.6) is 0 Å². The molecule has 0 unspecified atom stereocenters. The first-order chi connectivity index (χ1) is 5.39. The second-order valence-electron chi connectivity index (χ2n) is 1.89. The summed E-state index contributed by atoms with van der Waals surface area (Å²) in [5.41, 5.74) is 0. The summed E-state index contributed by atoms with van der Waals surface area (Å²) >= 11 is 6.08. The third-order valence-electron chi connectivity index (χ3n) is 1.02. The molecule has 0 amide bonds. The summed E-state index contributed by atoms with van der Waals surface area (Å²) in [6.45, 7) is 0. The van der Waals surface area contributed by atoms with E-state index in [2.05, 4.69) is 36.8 Å². The van der Waals surface area contributed by atoms with Crippen LogP contribution in [0.25, 0.3) is 0 Å². The van der Waals surface area contributed by atoms with E-state index in [1.54, 1.807) is 0 Å². The maximum atomic E-state index is 10.8. The smallest absolute Gasteiger partial charge is 0.234 e. The third kappa shape index (κ3) is 2.69. The molecule has 1 aromatic rings. The van der Waals surface area contributed by atoms with Crippen molar-refractivity contribution in [3.05, 3.63) is 21.3 Å². The quantitative estimate of drug-likeness (QED) is 0.585. The van der Waals surface area contributed by atoms with E-state index in [1.807, 2.05) is 0 Å². The van der Waals surface area contributed by atoms with Crippen molar-refractivity contribution in [1.82, 2.24) is 4.98 Å². The molecule has 0 aliphatic heterocycles.